The van der Waals surface area contributed by atoms with E-state index < -0.39 is 18.5 Å². The van der Waals surface area contributed by atoms with Crippen molar-refractivity contribution in [1.29, 1.82) is 0 Å². The molecule has 0 aromatic rings. The minimum absolute atomic E-state index is 0.0252. The van der Waals surface area contributed by atoms with Crippen molar-refractivity contribution in [2.24, 2.45) is 0 Å². The first kappa shape index (κ1) is 12.2. The van der Waals surface area contributed by atoms with Crippen LogP contribution in [0.15, 0.2) is 0 Å². The quantitative estimate of drug-likeness (QED) is 0.481. The lowest BCUT2D eigenvalue weighted by Crippen LogP contribution is -2.14. The molecule has 0 heterocycles. The number of halogens is 1. The predicted octanol–water partition coefficient (Wildman–Crippen LogP) is -0.306. The lowest BCUT2D eigenvalue weighted by molar-refractivity contribution is -0.150. The summed E-state index contributed by atoms with van der Waals surface area (Å²) in [5.74, 6) is -1.00. The summed E-state index contributed by atoms with van der Waals surface area (Å²) in [5, 5.41) is 8.23. The fourth-order valence-electron chi connectivity index (χ4n) is 0.518. The monoisotopic (exact) mass is 210 g/mol. The fourth-order valence-corrected chi connectivity index (χ4v) is 0.596. The SMILES string of the molecule is O=C(CO)OCCC(=O)OCCCl. The zero-order valence-electron chi connectivity index (χ0n) is 6.99. The summed E-state index contributed by atoms with van der Waals surface area (Å²) in [5.41, 5.74) is 0. The van der Waals surface area contributed by atoms with Gasteiger partial charge in [-0.2, -0.15) is 0 Å². The number of alkyl halides is 1. The lowest BCUT2D eigenvalue weighted by atomic mass is 10.5. The van der Waals surface area contributed by atoms with Crippen LogP contribution in [-0.2, 0) is 19.1 Å². The first-order valence-corrected chi connectivity index (χ1v) is 4.22. The van der Waals surface area contributed by atoms with Gasteiger partial charge in [-0.1, -0.05) is 0 Å². The number of aliphatic hydroxyl groups is 1. The van der Waals surface area contributed by atoms with Crippen LogP contribution in [0.3, 0.4) is 0 Å². The standard InChI is InChI=1S/C7H11ClO5/c8-2-4-13-6(10)1-3-12-7(11)5-9/h9H,1-5H2. The zero-order valence-corrected chi connectivity index (χ0v) is 7.75. The molecule has 0 aliphatic carbocycles. The van der Waals surface area contributed by atoms with Gasteiger partial charge in [0.2, 0.25) is 0 Å². The third-order valence-corrected chi connectivity index (χ3v) is 1.19. The normalized spacial score (nSPS) is 9.38. The first-order valence-electron chi connectivity index (χ1n) is 3.68. The van der Waals surface area contributed by atoms with Crippen molar-refractivity contribution >= 4 is 23.5 Å². The Bertz CT molecular complexity index is 170. The van der Waals surface area contributed by atoms with Gasteiger partial charge in [-0.3, -0.25) is 4.79 Å². The topological polar surface area (TPSA) is 72.8 Å². The van der Waals surface area contributed by atoms with Gasteiger partial charge in [0, 0.05) is 0 Å². The molecule has 0 aromatic heterocycles. The number of esters is 2. The first-order chi connectivity index (χ1) is 6.20. The van der Waals surface area contributed by atoms with Crippen LogP contribution in [0.2, 0.25) is 0 Å². The third kappa shape index (κ3) is 7.55. The molecule has 0 fully saturated rings. The van der Waals surface area contributed by atoms with Gasteiger partial charge in [0.15, 0.2) is 0 Å². The zero-order chi connectivity index (χ0) is 10.1. The van der Waals surface area contributed by atoms with E-state index in [1.54, 1.807) is 0 Å². The highest BCUT2D eigenvalue weighted by Gasteiger charge is 2.04. The van der Waals surface area contributed by atoms with Crippen molar-refractivity contribution < 1.29 is 24.2 Å². The van der Waals surface area contributed by atoms with Crippen LogP contribution in [-0.4, -0.2) is 42.7 Å². The summed E-state index contributed by atoms with van der Waals surface area (Å²) in [7, 11) is 0. The maximum atomic E-state index is 10.7. The van der Waals surface area contributed by atoms with Crippen LogP contribution in [0.1, 0.15) is 6.42 Å². The average Bonchev–Trinajstić information content (AvgIpc) is 2.14. The number of carbonyl (C=O) groups is 2. The summed E-state index contributed by atoms with van der Waals surface area (Å²) in [6.07, 6.45) is -0.0252. The van der Waals surface area contributed by atoms with Gasteiger partial charge >= 0.3 is 11.9 Å². The van der Waals surface area contributed by atoms with Gasteiger partial charge in [0.25, 0.3) is 0 Å². The maximum Gasteiger partial charge on any atom is 0.331 e. The molecule has 6 heteroatoms. The Morgan fingerprint density at radius 2 is 1.77 bits per heavy atom. The van der Waals surface area contributed by atoms with Crippen LogP contribution < -0.4 is 0 Å². The highest BCUT2D eigenvalue weighted by molar-refractivity contribution is 6.18. The Morgan fingerprint density at radius 3 is 2.31 bits per heavy atom. The minimum atomic E-state index is -0.759. The van der Waals surface area contributed by atoms with Crippen LogP contribution in [0, 0.1) is 0 Å². The highest BCUT2D eigenvalue weighted by Crippen LogP contribution is 1.89. The molecule has 0 rings (SSSR count). The number of aliphatic hydroxyl groups excluding tert-OH is 1. The Morgan fingerprint density at radius 1 is 1.15 bits per heavy atom. The number of hydrogen-bond donors (Lipinski definition) is 1. The summed E-state index contributed by atoms with van der Waals surface area (Å²) >= 11 is 5.26. The maximum absolute atomic E-state index is 10.7. The number of ether oxygens (including phenoxy) is 2. The van der Waals surface area contributed by atoms with E-state index in [4.69, 9.17) is 16.7 Å². The molecule has 76 valence electrons. The van der Waals surface area contributed by atoms with E-state index in [1.165, 1.54) is 0 Å². The van der Waals surface area contributed by atoms with Gasteiger partial charge in [-0.25, -0.2) is 4.79 Å². The van der Waals surface area contributed by atoms with Crippen LogP contribution in [0.25, 0.3) is 0 Å². The van der Waals surface area contributed by atoms with Gasteiger partial charge in [0.1, 0.15) is 19.8 Å². The molecule has 0 bridgehead atoms. The summed E-state index contributed by atoms with van der Waals surface area (Å²) in [4.78, 5) is 21.1. The molecule has 0 atom stereocenters. The van der Waals surface area contributed by atoms with E-state index in [-0.39, 0.29) is 25.5 Å². The van der Waals surface area contributed by atoms with E-state index in [0.717, 1.165) is 0 Å². The Hall–Kier alpha value is -0.810. The van der Waals surface area contributed by atoms with E-state index in [1.807, 2.05) is 0 Å². The number of rotatable bonds is 6. The Labute approximate surface area is 80.6 Å². The molecule has 0 spiro atoms. The van der Waals surface area contributed by atoms with E-state index in [2.05, 4.69) is 9.47 Å². The van der Waals surface area contributed by atoms with Crippen molar-refractivity contribution in [1.82, 2.24) is 0 Å². The molecule has 0 unspecified atom stereocenters. The average molecular weight is 211 g/mol. The van der Waals surface area contributed by atoms with E-state index in [9.17, 15) is 9.59 Å². The molecule has 13 heavy (non-hydrogen) atoms. The predicted molar refractivity (Wildman–Crippen MR) is 44.3 cm³/mol. The van der Waals surface area contributed by atoms with Crippen LogP contribution in [0.4, 0.5) is 0 Å². The number of hydrogen-bond acceptors (Lipinski definition) is 5. The molecule has 1 N–H and O–H groups in total. The number of carbonyl (C=O) groups excluding carboxylic acids is 2. The van der Waals surface area contributed by atoms with Crippen molar-refractivity contribution in [3.05, 3.63) is 0 Å². The molecule has 0 aromatic carbocycles. The largest absolute Gasteiger partial charge is 0.464 e. The molecular weight excluding hydrogens is 200 g/mol. The van der Waals surface area contributed by atoms with Gasteiger partial charge in [-0.05, 0) is 0 Å². The second-order valence-corrected chi connectivity index (χ2v) is 2.42. The van der Waals surface area contributed by atoms with Crippen LogP contribution >= 0.6 is 11.6 Å². The molecule has 5 nitrogen and oxygen atoms in total. The smallest absolute Gasteiger partial charge is 0.331 e. The summed E-state index contributed by atoms with van der Waals surface area (Å²) in [6.45, 7) is -0.619. The Kier molecular flexibility index (Phi) is 7.33. The Balaban J connectivity index is 3.31. The molecule has 0 saturated heterocycles. The van der Waals surface area contributed by atoms with Gasteiger partial charge in [0.05, 0.1) is 12.3 Å². The summed E-state index contributed by atoms with van der Waals surface area (Å²) in [6, 6.07) is 0. The minimum Gasteiger partial charge on any atom is -0.464 e. The van der Waals surface area contributed by atoms with E-state index in [0.29, 0.717) is 0 Å². The van der Waals surface area contributed by atoms with Crippen molar-refractivity contribution in [3.8, 4) is 0 Å². The molecule has 0 amide bonds. The second-order valence-electron chi connectivity index (χ2n) is 2.04. The molecular formula is C7H11ClO5. The summed E-state index contributed by atoms with van der Waals surface area (Å²) < 4.78 is 9.00. The fraction of sp³-hybridized carbons (Fsp3) is 0.714. The third-order valence-electron chi connectivity index (χ3n) is 1.04. The van der Waals surface area contributed by atoms with Gasteiger partial charge < -0.3 is 14.6 Å². The van der Waals surface area contributed by atoms with E-state index >= 15 is 0 Å². The van der Waals surface area contributed by atoms with Crippen molar-refractivity contribution in [2.75, 3.05) is 25.7 Å². The lowest BCUT2D eigenvalue weighted by Gasteiger charge is -2.02. The molecule has 0 aliphatic rings. The molecule has 0 aliphatic heterocycles. The highest BCUT2D eigenvalue weighted by atomic mass is 35.5. The second kappa shape index (κ2) is 7.82. The van der Waals surface area contributed by atoms with Crippen molar-refractivity contribution in [2.45, 2.75) is 6.42 Å². The van der Waals surface area contributed by atoms with Crippen molar-refractivity contribution in [3.63, 3.8) is 0 Å². The molecule has 0 radical (unpaired) electrons. The van der Waals surface area contributed by atoms with Gasteiger partial charge in [-0.15, -0.1) is 11.6 Å². The molecule has 0 saturated carbocycles. The van der Waals surface area contributed by atoms with Crippen LogP contribution in [0.5, 0.6) is 0 Å².